The van der Waals surface area contributed by atoms with E-state index in [4.69, 9.17) is 19.6 Å². The van der Waals surface area contributed by atoms with E-state index in [9.17, 15) is 9.13 Å². The molecule has 0 aliphatic carbocycles. The van der Waals surface area contributed by atoms with Crippen molar-refractivity contribution in [1.82, 2.24) is 0 Å². The molecule has 0 fully saturated rings. The zero-order valence-electron chi connectivity index (χ0n) is 4.41. The van der Waals surface area contributed by atoms with Crippen LogP contribution >= 0.6 is 15.6 Å². The van der Waals surface area contributed by atoms with E-state index in [2.05, 4.69) is 4.31 Å². The Morgan fingerprint density at radius 3 is 1.09 bits per heavy atom. The molecule has 66 valence electrons. The summed E-state index contributed by atoms with van der Waals surface area (Å²) in [6.45, 7) is 0. The third kappa shape index (κ3) is 18.5. The van der Waals surface area contributed by atoms with Gasteiger partial charge in [0.15, 0.2) is 17.4 Å². The minimum Gasteiger partial charge on any atom is -0.302 e. The second kappa shape index (κ2) is 6.04. The molecule has 0 aliphatic heterocycles. The fourth-order valence-corrected chi connectivity index (χ4v) is 1.25. The summed E-state index contributed by atoms with van der Waals surface area (Å²) in [5.74, 6) is 0. The summed E-state index contributed by atoms with van der Waals surface area (Å²) in [6, 6.07) is 0. The van der Waals surface area contributed by atoms with Crippen LogP contribution in [-0.4, -0.2) is 36.9 Å². The summed E-state index contributed by atoms with van der Waals surface area (Å²) in [6.07, 6.45) is 0. The second-order valence-corrected chi connectivity index (χ2v) is 3.68. The van der Waals surface area contributed by atoms with Crippen LogP contribution < -0.4 is 0 Å². The molecule has 0 bridgehead atoms. The number of hydrogen-bond donors (Lipinski definition) is 4. The third-order valence-corrected chi connectivity index (χ3v) is 1.91. The Hall–Kier alpha value is 1.51. The maximum Gasteiger partial charge on any atom is 0.478 e. The van der Waals surface area contributed by atoms with Crippen LogP contribution in [0, 0.1) is 0 Å². The molecule has 0 atom stereocenters. The summed E-state index contributed by atoms with van der Waals surface area (Å²) < 4.78 is 22.2. The van der Waals surface area contributed by atoms with Crippen molar-refractivity contribution in [3.05, 3.63) is 0 Å². The van der Waals surface area contributed by atoms with E-state index in [-0.39, 0.29) is 39.1 Å². The van der Waals surface area contributed by atoms with Crippen molar-refractivity contribution in [2.24, 2.45) is 0 Å². The number of hydrogen-bond acceptors (Lipinski definition) is 3. The second-order valence-electron chi connectivity index (χ2n) is 1.06. The van der Waals surface area contributed by atoms with E-state index >= 15 is 0 Å². The van der Waals surface area contributed by atoms with Gasteiger partial charge in [0.05, 0.1) is 0 Å². The maximum atomic E-state index is 9.63. The molecule has 0 heterocycles. The molecular formula is H7AlO7P2Ti. The molecule has 7 nitrogen and oxygen atoms in total. The predicted molar refractivity (Wildman–Crippen MR) is 35.1 cm³/mol. The topological polar surface area (TPSA) is 124 Å². The quantitative estimate of drug-likeness (QED) is 0.332. The molecule has 0 aromatic heterocycles. The summed E-state index contributed by atoms with van der Waals surface area (Å²) in [4.78, 5) is 31.0. The van der Waals surface area contributed by atoms with Crippen molar-refractivity contribution in [3.63, 3.8) is 0 Å². The van der Waals surface area contributed by atoms with Gasteiger partial charge in [-0.3, -0.25) is 0 Å². The van der Waals surface area contributed by atoms with Crippen molar-refractivity contribution in [2.75, 3.05) is 0 Å². The molecule has 0 aliphatic rings. The third-order valence-electron chi connectivity index (χ3n) is 0.213. The Bertz CT molecular complexity index is 157. The van der Waals surface area contributed by atoms with Gasteiger partial charge in [-0.25, -0.2) is 9.13 Å². The molecule has 0 rings (SSSR count). The van der Waals surface area contributed by atoms with Crippen LogP contribution in [0.25, 0.3) is 0 Å². The van der Waals surface area contributed by atoms with Crippen molar-refractivity contribution in [1.29, 1.82) is 0 Å². The molecule has 0 aromatic rings. The Labute approximate surface area is 87.6 Å². The van der Waals surface area contributed by atoms with Gasteiger partial charge in [-0.15, -0.1) is 0 Å². The van der Waals surface area contributed by atoms with Crippen LogP contribution in [0.1, 0.15) is 0 Å². The number of rotatable bonds is 2. The monoisotopic (exact) mass is 256 g/mol. The molecule has 0 aromatic carbocycles. The summed E-state index contributed by atoms with van der Waals surface area (Å²) in [7, 11) is -10.1. The van der Waals surface area contributed by atoms with E-state index in [0.29, 0.717) is 0 Å². The van der Waals surface area contributed by atoms with Crippen molar-refractivity contribution in [3.8, 4) is 0 Å². The van der Waals surface area contributed by atoms with E-state index in [1.807, 2.05) is 0 Å². The van der Waals surface area contributed by atoms with Gasteiger partial charge in [-0.1, -0.05) is 0 Å². The average Bonchev–Trinajstić information content (AvgIpc) is 1.14. The maximum absolute atomic E-state index is 9.63. The molecule has 0 radical (unpaired) electrons. The molecule has 0 unspecified atom stereocenters. The van der Waals surface area contributed by atoms with Crippen LogP contribution in [-0.2, 0) is 35.2 Å². The molecule has 0 amide bonds. The van der Waals surface area contributed by atoms with Gasteiger partial charge >= 0.3 is 15.6 Å². The Balaban J connectivity index is -0.000000320. The van der Waals surface area contributed by atoms with Gasteiger partial charge in [-0.2, -0.15) is 4.31 Å². The zero-order chi connectivity index (χ0) is 7.71. The van der Waals surface area contributed by atoms with Crippen LogP contribution in [0.5, 0.6) is 0 Å². The first-order chi connectivity index (χ1) is 3.71. The Kier molecular flexibility index (Phi) is 10.1. The fourth-order valence-electron chi connectivity index (χ4n) is 0.139. The normalized spacial score (nSPS) is 11.3. The summed E-state index contributed by atoms with van der Waals surface area (Å²) in [5, 5.41) is 0. The number of phosphoric acid groups is 2. The van der Waals surface area contributed by atoms with E-state index < -0.39 is 15.6 Å². The van der Waals surface area contributed by atoms with Crippen molar-refractivity contribution < 1.29 is 54.7 Å². The smallest absolute Gasteiger partial charge is 0.302 e. The summed E-state index contributed by atoms with van der Waals surface area (Å²) >= 11 is 0. The predicted octanol–water partition coefficient (Wildman–Crippen LogP) is -2.00. The van der Waals surface area contributed by atoms with E-state index in [1.165, 1.54) is 0 Å². The Morgan fingerprint density at radius 1 is 0.909 bits per heavy atom. The van der Waals surface area contributed by atoms with Gasteiger partial charge < -0.3 is 19.6 Å². The summed E-state index contributed by atoms with van der Waals surface area (Å²) in [5.41, 5.74) is 0. The Morgan fingerprint density at radius 2 is 1.09 bits per heavy atom. The SMILES string of the molecule is O=P(O)(O)OP(=O)(O)O.[AlH3].[Ti]. The first-order valence-electron chi connectivity index (χ1n) is 1.53. The van der Waals surface area contributed by atoms with Gasteiger partial charge in [-0.05, 0) is 0 Å². The average molecular weight is 256 g/mol. The van der Waals surface area contributed by atoms with Crippen LogP contribution in [0.2, 0.25) is 0 Å². The molecule has 11 heteroatoms. The van der Waals surface area contributed by atoms with Crippen molar-refractivity contribution in [2.45, 2.75) is 0 Å². The zero-order valence-corrected chi connectivity index (χ0v) is 7.76. The van der Waals surface area contributed by atoms with Crippen LogP contribution in [0.4, 0.5) is 0 Å². The van der Waals surface area contributed by atoms with E-state index in [0.717, 1.165) is 0 Å². The minimum atomic E-state index is -5.05. The van der Waals surface area contributed by atoms with Crippen LogP contribution in [0.3, 0.4) is 0 Å². The first kappa shape index (κ1) is 18.3. The standard InChI is InChI=1S/Al.H4O7P2.Ti.3H/c;1-8(2,3)7-9(4,5)6;;;;/h;(H2,1,2,3)(H2,4,5,6);;;;. The molecular weight excluding hydrogens is 249 g/mol. The van der Waals surface area contributed by atoms with Gasteiger partial charge in [0.2, 0.25) is 0 Å². The molecule has 0 saturated carbocycles. The van der Waals surface area contributed by atoms with E-state index in [1.54, 1.807) is 0 Å². The first-order valence-corrected chi connectivity index (χ1v) is 4.59. The van der Waals surface area contributed by atoms with Gasteiger partial charge in [0.25, 0.3) is 0 Å². The molecule has 0 saturated heterocycles. The molecule has 4 N–H and O–H groups in total. The van der Waals surface area contributed by atoms with Crippen LogP contribution in [0.15, 0.2) is 0 Å². The molecule has 11 heavy (non-hydrogen) atoms. The minimum absolute atomic E-state index is 0. The largest absolute Gasteiger partial charge is 0.478 e. The molecule has 0 spiro atoms. The fraction of sp³-hybridized carbons (Fsp3) is 0. The van der Waals surface area contributed by atoms with Gasteiger partial charge in [0, 0.05) is 21.7 Å². The van der Waals surface area contributed by atoms with Crippen molar-refractivity contribution >= 4 is 33.0 Å². The van der Waals surface area contributed by atoms with Gasteiger partial charge in [0.1, 0.15) is 0 Å².